The van der Waals surface area contributed by atoms with Gasteiger partial charge < -0.3 is 25.2 Å². The molecule has 0 bridgehead atoms. The topological polar surface area (TPSA) is 121 Å². The highest BCUT2D eigenvalue weighted by atomic mass is 35.5. The van der Waals surface area contributed by atoms with E-state index in [1.54, 1.807) is 13.0 Å². The van der Waals surface area contributed by atoms with E-state index in [0.29, 0.717) is 36.9 Å². The minimum Gasteiger partial charge on any atom is -0.461 e. The molecule has 3 aliphatic heterocycles. The van der Waals surface area contributed by atoms with Gasteiger partial charge in [0.2, 0.25) is 0 Å². The van der Waals surface area contributed by atoms with Crippen molar-refractivity contribution in [2.24, 2.45) is 5.92 Å². The predicted molar refractivity (Wildman–Crippen MR) is 171 cm³/mol. The number of aliphatic hydroxyl groups is 1. The molecule has 5 heterocycles. The number of hydrogen-bond donors (Lipinski definition) is 2. The summed E-state index contributed by atoms with van der Waals surface area (Å²) in [5.74, 6) is -0.432. The van der Waals surface area contributed by atoms with Gasteiger partial charge in [0, 0.05) is 29.4 Å². The van der Waals surface area contributed by atoms with Crippen molar-refractivity contribution in [2.75, 3.05) is 56.6 Å². The quantitative estimate of drug-likeness (QED) is 0.278. The summed E-state index contributed by atoms with van der Waals surface area (Å²) in [6, 6.07) is 6.23. The van der Waals surface area contributed by atoms with Gasteiger partial charge in [-0.25, -0.2) is 8.78 Å². The fourth-order valence-corrected chi connectivity index (χ4v) is 8.67. The third-order valence-electron chi connectivity index (χ3n) is 9.26. The van der Waals surface area contributed by atoms with Gasteiger partial charge >= 0.3 is 6.01 Å². The second-order valence-electron chi connectivity index (χ2n) is 12.9. The largest absolute Gasteiger partial charge is 0.461 e. The van der Waals surface area contributed by atoms with Crippen molar-refractivity contribution >= 4 is 54.7 Å². The second kappa shape index (κ2) is 11.2. The number of nitriles is 1. The summed E-state index contributed by atoms with van der Waals surface area (Å²) < 4.78 is 43.9. The van der Waals surface area contributed by atoms with Crippen molar-refractivity contribution in [2.45, 2.75) is 44.2 Å². The number of hydrogen-bond acceptors (Lipinski definition) is 10. The Kier molecular flexibility index (Phi) is 7.53. The maximum atomic E-state index is 16.9. The summed E-state index contributed by atoms with van der Waals surface area (Å²) >= 11 is 7.74. The monoisotopic (exact) mass is 654 g/mol. The Morgan fingerprint density at radius 3 is 2.93 bits per heavy atom. The molecule has 0 saturated carbocycles. The summed E-state index contributed by atoms with van der Waals surface area (Å²) in [5.41, 5.74) is 4.97. The Morgan fingerprint density at radius 1 is 1.31 bits per heavy atom. The molecule has 0 amide bonds. The first-order valence-corrected chi connectivity index (χ1v) is 16.2. The summed E-state index contributed by atoms with van der Waals surface area (Å²) in [6.07, 6.45) is 3.09. The molecule has 9 nitrogen and oxygen atoms in total. The highest BCUT2D eigenvalue weighted by Gasteiger charge is 2.48. The van der Waals surface area contributed by atoms with E-state index in [9.17, 15) is 14.8 Å². The molecular weight excluding hydrogens is 622 g/mol. The van der Waals surface area contributed by atoms with Gasteiger partial charge in [-0.1, -0.05) is 24.6 Å². The number of fused-ring (bicyclic) bond motifs is 3. The van der Waals surface area contributed by atoms with E-state index >= 15 is 4.39 Å². The van der Waals surface area contributed by atoms with E-state index in [2.05, 4.69) is 16.8 Å². The van der Waals surface area contributed by atoms with Crippen LogP contribution in [-0.4, -0.2) is 77.1 Å². The molecule has 2 aromatic heterocycles. The molecule has 3 atom stereocenters. The van der Waals surface area contributed by atoms with Crippen LogP contribution in [0.25, 0.3) is 32.1 Å². The molecule has 0 aliphatic carbocycles. The van der Waals surface area contributed by atoms with Gasteiger partial charge in [0.05, 0.1) is 40.6 Å². The van der Waals surface area contributed by atoms with E-state index in [1.807, 2.05) is 11.0 Å². The molecule has 2 aromatic carbocycles. The lowest BCUT2D eigenvalue weighted by Crippen LogP contribution is -2.44. The number of anilines is 2. The van der Waals surface area contributed by atoms with Crippen molar-refractivity contribution in [3.63, 3.8) is 0 Å². The van der Waals surface area contributed by atoms with Crippen molar-refractivity contribution in [3.8, 4) is 23.2 Å². The van der Waals surface area contributed by atoms with Gasteiger partial charge in [0.15, 0.2) is 5.82 Å². The Bertz CT molecular complexity index is 1880. The number of nitrogens with two attached hydrogens (primary N) is 1. The van der Waals surface area contributed by atoms with Crippen LogP contribution in [0.1, 0.15) is 38.7 Å². The average Bonchev–Trinajstić information content (AvgIpc) is 3.59. The molecular formula is C32H33ClF2N6O3S. The maximum Gasteiger partial charge on any atom is 0.319 e. The zero-order chi connectivity index (χ0) is 31.7. The van der Waals surface area contributed by atoms with E-state index in [0.717, 1.165) is 43.7 Å². The van der Waals surface area contributed by atoms with Crippen LogP contribution in [0, 0.1) is 28.9 Å². The molecule has 45 heavy (non-hydrogen) atoms. The molecule has 3 fully saturated rings. The lowest BCUT2D eigenvalue weighted by Gasteiger charge is -2.32. The van der Waals surface area contributed by atoms with Crippen LogP contribution in [0.4, 0.5) is 19.6 Å². The number of halogens is 3. The molecule has 0 radical (unpaired) electrons. The number of nitrogens with zero attached hydrogens (tertiary/aromatic N) is 5. The van der Waals surface area contributed by atoms with Crippen LogP contribution in [0.5, 0.6) is 6.01 Å². The normalized spacial score (nSPS) is 25.5. The van der Waals surface area contributed by atoms with Gasteiger partial charge in [0.1, 0.15) is 40.4 Å². The summed E-state index contributed by atoms with van der Waals surface area (Å²) in [7, 11) is 0. The first-order valence-electron chi connectivity index (χ1n) is 15.0. The van der Waals surface area contributed by atoms with E-state index in [4.69, 9.17) is 31.8 Å². The van der Waals surface area contributed by atoms with Crippen molar-refractivity contribution in [1.82, 2.24) is 14.9 Å². The van der Waals surface area contributed by atoms with Crippen molar-refractivity contribution in [3.05, 3.63) is 40.4 Å². The zero-order valence-corrected chi connectivity index (χ0v) is 26.6. The molecule has 3 N–H and O–H groups in total. The van der Waals surface area contributed by atoms with Gasteiger partial charge in [-0.2, -0.15) is 15.2 Å². The Balaban J connectivity index is 1.41. The average molecular weight is 655 g/mol. The molecule has 236 valence electrons. The minimum absolute atomic E-state index is 0.0111. The third-order valence-corrected chi connectivity index (χ3v) is 10.6. The Hall–Kier alpha value is -3.34. The molecule has 0 unspecified atom stereocenters. The molecule has 3 aliphatic rings. The van der Waals surface area contributed by atoms with Crippen LogP contribution in [0.15, 0.2) is 18.2 Å². The van der Waals surface area contributed by atoms with Gasteiger partial charge in [-0.15, -0.1) is 11.3 Å². The lowest BCUT2D eigenvalue weighted by molar-refractivity contribution is -0.0123. The zero-order valence-electron chi connectivity index (χ0n) is 25.0. The van der Waals surface area contributed by atoms with Gasteiger partial charge in [0.25, 0.3) is 0 Å². The van der Waals surface area contributed by atoms with Crippen LogP contribution in [0.2, 0.25) is 5.02 Å². The number of β-amino-alcohol motifs (C(OH)–C–C–N with tert-alkyl or cyclic N) is 1. The number of ether oxygens (including phenoxy) is 2. The number of thiophene rings is 1. The standard InChI is InChI=1S/C32H33ClF2N6O3S/c1-17-11-32(6-3-7-41(32)13-17)16-44-30-38-26-19(29(39-30)40-8-9-43-15-31(2,42)14-40)10-21(33)24(25(26)35)18-4-5-22(34)27-23(18)20(12-36)28(37)45-27/h4-5,10,17,42H,3,6-9,11,13-16,37H2,1-2H3/t17-,31+,32+/m1/s1. The van der Waals surface area contributed by atoms with Crippen LogP contribution in [-0.2, 0) is 4.74 Å². The minimum atomic E-state index is -1.19. The number of nitrogen functional groups attached to an aromatic ring is 1. The van der Waals surface area contributed by atoms with Crippen molar-refractivity contribution < 1.29 is 23.4 Å². The molecule has 13 heteroatoms. The molecule has 7 rings (SSSR count). The summed E-state index contributed by atoms with van der Waals surface area (Å²) in [4.78, 5) is 13.7. The lowest BCUT2D eigenvalue weighted by atomic mass is 9.92. The predicted octanol–water partition coefficient (Wildman–Crippen LogP) is 5.74. The SMILES string of the molecule is C[C@H]1CN2CCC[C@@]2(COc2nc(N3CCOC[C@@](C)(O)C3)c3cc(Cl)c(-c4ccc(F)c5sc(N)c(C#N)c45)c(F)c3n2)C1. The van der Waals surface area contributed by atoms with Crippen molar-refractivity contribution in [1.29, 1.82) is 5.26 Å². The fraction of sp³-hybridized carbons (Fsp3) is 0.469. The van der Waals surface area contributed by atoms with Crippen LogP contribution in [0.3, 0.4) is 0 Å². The Labute approximate surface area is 268 Å². The Morgan fingerprint density at radius 2 is 2.13 bits per heavy atom. The first-order chi connectivity index (χ1) is 21.5. The third kappa shape index (κ3) is 5.15. The maximum absolute atomic E-state index is 16.9. The summed E-state index contributed by atoms with van der Waals surface area (Å²) in [5, 5.41) is 21.5. The van der Waals surface area contributed by atoms with Crippen LogP contribution < -0.4 is 15.4 Å². The second-order valence-corrected chi connectivity index (χ2v) is 14.3. The van der Waals surface area contributed by atoms with Gasteiger partial charge in [-0.3, -0.25) is 4.90 Å². The van der Waals surface area contributed by atoms with Gasteiger partial charge in [-0.05, 0) is 56.3 Å². The number of rotatable bonds is 5. The molecule has 0 spiro atoms. The molecule has 3 saturated heterocycles. The number of aromatic nitrogens is 2. The fourth-order valence-electron chi connectivity index (χ4n) is 7.43. The van der Waals surface area contributed by atoms with E-state index in [1.165, 1.54) is 12.1 Å². The van der Waals surface area contributed by atoms with E-state index in [-0.39, 0.29) is 67.0 Å². The number of benzene rings is 2. The van der Waals surface area contributed by atoms with E-state index < -0.39 is 17.2 Å². The highest BCUT2D eigenvalue weighted by Crippen LogP contribution is 2.46. The first kappa shape index (κ1) is 30.3. The van der Waals surface area contributed by atoms with Crippen LogP contribution >= 0.6 is 22.9 Å². The smallest absolute Gasteiger partial charge is 0.319 e. The summed E-state index contributed by atoms with van der Waals surface area (Å²) in [6.45, 7) is 7.32. The highest BCUT2D eigenvalue weighted by molar-refractivity contribution is 7.23. The molecule has 4 aromatic rings.